The quantitative estimate of drug-likeness (QED) is 0.481. The lowest BCUT2D eigenvalue weighted by atomic mass is 10.2. The van der Waals surface area contributed by atoms with Gasteiger partial charge in [0, 0.05) is 24.3 Å². The second-order valence-electron chi connectivity index (χ2n) is 6.02. The van der Waals surface area contributed by atoms with Gasteiger partial charge in [0.25, 0.3) is 0 Å². The van der Waals surface area contributed by atoms with Crippen LogP contribution >= 0.6 is 23.2 Å². The average Bonchev–Trinajstić information content (AvgIpc) is 3.28. The van der Waals surface area contributed by atoms with Crippen LogP contribution in [0.25, 0.3) is 11.4 Å². The molecule has 4 aromatic rings. The summed E-state index contributed by atoms with van der Waals surface area (Å²) in [5, 5.41) is 12.6. The van der Waals surface area contributed by atoms with Gasteiger partial charge in [-0.25, -0.2) is 13.9 Å². The van der Waals surface area contributed by atoms with Crippen LogP contribution in [-0.4, -0.2) is 29.6 Å². The Hall–Kier alpha value is -3.17. The van der Waals surface area contributed by atoms with Gasteiger partial charge in [0.15, 0.2) is 0 Å². The van der Waals surface area contributed by atoms with Gasteiger partial charge in [0.05, 0.1) is 22.0 Å². The van der Waals surface area contributed by atoms with Crippen molar-refractivity contribution in [3.63, 3.8) is 0 Å². The molecule has 0 saturated carbocycles. The van der Waals surface area contributed by atoms with Gasteiger partial charge in [-0.1, -0.05) is 29.3 Å². The van der Waals surface area contributed by atoms with Gasteiger partial charge in [-0.2, -0.15) is 9.36 Å². The van der Waals surface area contributed by atoms with E-state index in [2.05, 4.69) is 15.5 Å². The number of aryl methyl sites for hydroxylation is 1. The number of aromatic nitrogens is 6. The Labute approximate surface area is 173 Å². The lowest BCUT2D eigenvalue weighted by Crippen LogP contribution is -2.23. The first-order valence-corrected chi connectivity index (χ1v) is 9.10. The Balaban J connectivity index is 1.60. The van der Waals surface area contributed by atoms with Crippen molar-refractivity contribution in [2.45, 2.75) is 6.61 Å². The van der Waals surface area contributed by atoms with Crippen molar-refractivity contribution in [1.82, 2.24) is 29.6 Å². The number of hydrogen-bond acceptors (Lipinski definition) is 5. The normalized spacial score (nSPS) is 11.0. The summed E-state index contributed by atoms with van der Waals surface area (Å²) < 4.78 is 23.6. The molecule has 148 valence electrons. The van der Waals surface area contributed by atoms with E-state index in [4.69, 9.17) is 27.9 Å². The smallest absolute Gasteiger partial charge is 0.368 e. The van der Waals surface area contributed by atoms with Gasteiger partial charge in [0.2, 0.25) is 5.88 Å². The van der Waals surface area contributed by atoms with E-state index in [0.717, 1.165) is 9.36 Å². The summed E-state index contributed by atoms with van der Waals surface area (Å²) in [6, 6.07) is 10.9. The largest absolute Gasteiger partial charge is 0.472 e. The zero-order chi connectivity index (χ0) is 20.5. The number of ether oxygens (including phenoxy) is 1. The van der Waals surface area contributed by atoms with Crippen molar-refractivity contribution in [1.29, 1.82) is 0 Å². The molecule has 0 aliphatic heterocycles. The highest BCUT2D eigenvalue weighted by Gasteiger charge is 2.16. The minimum Gasteiger partial charge on any atom is -0.472 e. The third-order valence-corrected chi connectivity index (χ3v) is 4.67. The molecule has 0 saturated heterocycles. The number of nitrogens with zero attached hydrogens (tertiary/aromatic N) is 6. The first-order chi connectivity index (χ1) is 13.9. The fourth-order valence-electron chi connectivity index (χ4n) is 2.68. The summed E-state index contributed by atoms with van der Waals surface area (Å²) in [7, 11) is 1.45. The second kappa shape index (κ2) is 7.69. The third-order valence-electron chi connectivity index (χ3n) is 4.13. The minimum absolute atomic E-state index is 0.147. The number of benzene rings is 2. The number of halogens is 3. The van der Waals surface area contributed by atoms with Gasteiger partial charge >= 0.3 is 5.69 Å². The predicted octanol–water partition coefficient (Wildman–Crippen LogP) is 3.18. The Kier molecular flexibility index (Phi) is 5.08. The Morgan fingerprint density at radius 2 is 1.93 bits per heavy atom. The first-order valence-electron chi connectivity index (χ1n) is 8.34. The maximum atomic E-state index is 14.4. The van der Waals surface area contributed by atoms with Crippen LogP contribution in [0.4, 0.5) is 4.39 Å². The average molecular weight is 435 g/mol. The summed E-state index contributed by atoms with van der Waals surface area (Å²) in [5.41, 5.74) is 0.500. The highest BCUT2D eigenvalue weighted by atomic mass is 35.5. The van der Waals surface area contributed by atoms with Crippen LogP contribution in [0.1, 0.15) is 5.56 Å². The standard InChI is InChI=1S/C18H13Cl2FN6O2/c1-25-18(28)27(24-23-25)15-4-2-3-14(21)12(15)10-29-17-7-8-26(22-17)16-6-5-11(19)9-13(16)20/h2-9H,10H2,1H3. The lowest BCUT2D eigenvalue weighted by Gasteiger charge is -2.10. The maximum absolute atomic E-state index is 14.4. The molecule has 0 fully saturated rings. The molecule has 0 N–H and O–H groups in total. The van der Waals surface area contributed by atoms with Crippen LogP contribution in [0.3, 0.4) is 0 Å². The number of hydrogen-bond donors (Lipinski definition) is 0. The van der Waals surface area contributed by atoms with Crippen molar-refractivity contribution < 1.29 is 9.13 Å². The van der Waals surface area contributed by atoms with Crippen molar-refractivity contribution in [2.24, 2.45) is 7.05 Å². The Morgan fingerprint density at radius 1 is 1.10 bits per heavy atom. The van der Waals surface area contributed by atoms with Crippen molar-refractivity contribution in [2.75, 3.05) is 0 Å². The molecule has 2 heterocycles. The number of rotatable bonds is 5. The molecule has 0 atom stereocenters. The third kappa shape index (κ3) is 3.74. The zero-order valence-electron chi connectivity index (χ0n) is 15.0. The SMILES string of the molecule is Cn1nnn(-c2cccc(F)c2COc2ccn(-c3ccc(Cl)cc3Cl)n2)c1=O. The maximum Gasteiger partial charge on any atom is 0.368 e. The van der Waals surface area contributed by atoms with Gasteiger partial charge in [-0.3, -0.25) is 0 Å². The van der Waals surface area contributed by atoms with Gasteiger partial charge in [0.1, 0.15) is 12.4 Å². The molecule has 0 amide bonds. The Morgan fingerprint density at radius 3 is 2.66 bits per heavy atom. The fourth-order valence-corrected chi connectivity index (χ4v) is 3.18. The second-order valence-corrected chi connectivity index (χ2v) is 6.86. The molecular formula is C18H13Cl2FN6O2. The van der Waals surface area contributed by atoms with E-state index in [1.165, 1.54) is 23.9 Å². The summed E-state index contributed by atoms with van der Waals surface area (Å²) in [6.07, 6.45) is 1.65. The fraction of sp³-hybridized carbons (Fsp3) is 0.111. The highest BCUT2D eigenvalue weighted by Crippen LogP contribution is 2.25. The van der Waals surface area contributed by atoms with Crippen molar-refractivity contribution in [3.8, 4) is 17.3 Å². The summed E-state index contributed by atoms with van der Waals surface area (Å²) in [6.45, 7) is -0.170. The van der Waals surface area contributed by atoms with Gasteiger partial charge < -0.3 is 4.74 Å². The lowest BCUT2D eigenvalue weighted by molar-refractivity contribution is 0.285. The molecule has 4 rings (SSSR count). The van der Waals surface area contributed by atoms with Crippen LogP contribution in [0, 0.1) is 5.82 Å². The summed E-state index contributed by atoms with van der Waals surface area (Å²) in [5.74, 6) is -0.294. The monoisotopic (exact) mass is 434 g/mol. The van der Waals surface area contributed by atoms with E-state index < -0.39 is 11.5 Å². The molecule has 0 spiro atoms. The molecule has 0 aliphatic rings. The molecule has 0 aliphatic carbocycles. The predicted molar refractivity (Wildman–Crippen MR) is 104 cm³/mol. The molecule has 2 aromatic heterocycles. The minimum atomic E-state index is -0.541. The highest BCUT2D eigenvalue weighted by molar-refractivity contribution is 6.35. The van der Waals surface area contributed by atoms with Gasteiger partial charge in [-0.15, -0.1) is 5.10 Å². The van der Waals surface area contributed by atoms with E-state index >= 15 is 0 Å². The van der Waals surface area contributed by atoms with Crippen molar-refractivity contribution >= 4 is 23.2 Å². The van der Waals surface area contributed by atoms with Crippen LogP contribution in [0.2, 0.25) is 10.0 Å². The van der Waals surface area contributed by atoms with Crippen LogP contribution in [0.15, 0.2) is 53.5 Å². The summed E-state index contributed by atoms with van der Waals surface area (Å²) in [4.78, 5) is 12.1. The molecule has 2 aromatic carbocycles. The molecule has 8 nitrogen and oxygen atoms in total. The van der Waals surface area contributed by atoms with E-state index in [-0.39, 0.29) is 23.7 Å². The topological polar surface area (TPSA) is 79.8 Å². The van der Waals surface area contributed by atoms with Crippen LogP contribution in [-0.2, 0) is 13.7 Å². The van der Waals surface area contributed by atoms with E-state index in [0.29, 0.717) is 15.7 Å². The van der Waals surface area contributed by atoms with Crippen LogP contribution in [0.5, 0.6) is 5.88 Å². The molecule has 11 heteroatoms. The van der Waals surface area contributed by atoms with E-state index in [9.17, 15) is 9.18 Å². The molecule has 29 heavy (non-hydrogen) atoms. The molecule has 0 unspecified atom stereocenters. The molecule has 0 radical (unpaired) electrons. The Bertz CT molecular complexity index is 1250. The van der Waals surface area contributed by atoms with Crippen molar-refractivity contribution in [3.05, 3.63) is 80.6 Å². The van der Waals surface area contributed by atoms with E-state index in [1.54, 1.807) is 36.5 Å². The molecular weight excluding hydrogens is 422 g/mol. The van der Waals surface area contributed by atoms with E-state index in [1.807, 2.05) is 0 Å². The zero-order valence-corrected chi connectivity index (χ0v) is 16.5. The van der Waals surface area contributed by atoms with Gasteiger partial charge in [-0.05, 0) is 40.8 Å². The van der Waals surface area contributed by atoms with Crippen LogP contribution < -0.4 is 10.4 Å². The number of tetrazole rings is 1. The summed E-state index contributed by atoms with van der Waals surface area (Å²) >= 11 is 12.1. The first kappa shape index (κ1) is 19.2. The molecule has 0 bridgehead atoms.